The van der Waals surface area contributed by atoms with Gasteiger partial charge in [-0.1, -0.05) is 56.3 Å². The van der Waals surface area contributed by atoms with Crippen LogP contribution < -0.4 is 5.32 Å². The molecule has 1 heteroatoms. The first kappa shape index (κ1) is 13.1. The van der Waals surface area contributed by atoms with Gasteiger partial charge in [0.1, 0.15) is 0 Å². The lowest BCUT2D eigenvalue weighted by molar-refractivity contribution is 0.552. The summed E-state index contributed by atoms with van der Waals surface area (Å²) >= 11 is 0. The summed E-state index contributed by atoms with van der Waals surface area (Å²) in [6.45, 7) is 6.51. The first-order chi connectivity index (χ1) is 8.77. The third kappa shape index (κ3) is 3.58. The summed E-state index contributed by atoms with van der Waals surface area (Å²) in [5, 5.41) is 3.53. The van der Waals surface area contributed by atoms with E-state index in [2.05, 4.69) is 61.7 Å². The van der Waals surface area contributed by atoms with Gasteiger partial charge in [0.2, 0.25) is 0 Å². The zero-order valence-electron chi connectivity index (χ0n) is 11.4. The normalized spacial score (nSPS) is 14.9. The number of hydrogen-bond donors (Lipinski definition) is 1. The predicted molar refractivity (Wildman–Crippen MR) is 79.3 cm³/mol. The smallest absolute Gasteiger partial charge is 0.0211 e. The van der Waals surface area contributed by atoms with Gasteiger partial charge in [0.15, 0.2) is 0 Å². The van der Waals surface area contributed by atoms with Gasteiger partial charge in [-0.15, -0.1) is 0 Å². The minimum atomic E-state index is 0.700. The Morgan fingerprint density at radius 1 is 1.17 bits per heavy atom. The predicted octanol–water partition coefficient (Wildman–Crippen LogP) is 4.17. The van der Waals surface area contributed by atoms with Gasteiger partial charge in [-0.25, -0.2) is 0 Å². The van der Waals surface area contributed by atoms with Crippen LogP contribution in [0.1, 0.15) is 37.8 Å². The van der Waals surface area contributed by atoms with Crippen LogP contribution in [-0.4, -0.2) is 6.54 Å². The largest absolute Gasteiger partial charge is 0.312 e. The molecule has 0 saturated heterocycles. The van der Waals surface area contributed by atoms with E-state index in [1.165, 1.54) is 29.5 Å². The number of allylic oxidation sites excluding steroid dienone is 4. The minimum absolute atomic E-state index is 0.700. The third-order valence-electron chi connectivity index (χ3n) is 3.19. The number of rotatable bonds is 5. The second-order valence-electron chi connectivity index (χ2n) is 5.32. The molecule has 18 heavy (non-hydrogen) atoms. The lowest BCUT2D eigenvalue weighted by Crippen LogP contribution is -2.19. The summed E-state index contributed by atoms with van der Waals surface area (Å²) in [6, 6.07) is 8.72. The van der Waals surface area contributed by atoms with Crippen molar-refractivity contribution in [1.29, 1.82) is 0 Å². The molecule has 0 fully saturated rings. The molecule has 1 N–H and O–H groups in total. The fraction of sp³-hybridized carbons (Fsp3) is 0.412. The maximum absolute atomic E-state index is 3.53. The molecule has 1 nitrogen and oxygen atoms in total. The number of hydrogen-bond acceptors (Lipinski definition) is 1. The van der Waals surface area contributed by atoms with E-state index < -0.39 is 0 Å². The van der Waals surface area contributed by atoms with Gasteiger partial charge in [0.25, 0.3) is 0 Å². The van der Waals surface area contributed by atoms with E-state index in [1.54, 1.807) is 0 Å². The zero-order valence-corrected chi connectivity index (χ0v) is 11.4. The maximum Gasteiger partial charge on any atom is 0.0211 e. The highest BCUT2D eigenvalue weighted by Crippen LogP contribution is 2.24. The van der Waals surface area contributed by atoms with Crippen molar-refractivity contribution in [3.63, 3.8) is 0 Å². The van der Waals surface area contributed by atoms with Gasteiger partial charge in [-0.05, 0) is 42.0 Å². The molecule has 1 aliphatic carbocycles. The van der Waals surface area contributed by atoms with E-state index in [9.17, 15) is 0 Å². The standard InChI is InChI=1S/C17H23N/c1-14(2)12-18-13-16-10-6-7-11-17(16)15-8-4-3-5-9-15/h4,6-11,14,18H,3,5,12-13H2,1-2H3. The van der Waals surface area contributed by atoms with Crippen molar-refractivity contribution in [3.05, 3.63) is 53.6 Å². The van der Waals surface area contributed by atoms with Crippen LogP contribution in [0.5, 0.6) is 0 Å². The number of nitrogens with one attached hydrogen (secondary N) is 1. The second kappa shape index (κ2) is 6.55. The van der Waals surface area contributed by atoms with Gasteiger partial charge in [0, 0.05) is 6.54 Å². The molecule has 0 aromatic heterocycles. The molecule has 1 aromatic carbocycles. The lowest BCUT2D eigenvalue weighted by Gasteiger charge is -2.14. The van der Waals surface area contributed by atoms with Gasteiger partial charge in [0.05, 0.1) is 0 Å². The molecule has 0 unspecified atom stereocenters. The molecule has 0 bridgehead atoms. The summed E-state index contributed by atoms with van der Waals surface area (Å²) < 4.78 is 0. The van der Waals surface area contributed by atoms with Crippen LogP contribution in [0.15, 0.2) is 42.5 Å². The number of benzene rings is 1. The van der Waals surface area contributed by atoms with Crippen molar-refractivity contribution in [2.24, 2.45) is 5.92 Å². The van der Waals surface area contributed by atoms with Crippen molar-refractivity contribution >= 4 is 5.57 Å². The van der Waals surface area contributed by atoms with Crippen molar-refractivity contribution in [2.75, 3.05) is 6.54 Å². The van der Waals surface area contributed by atoms with Crippen LogP contribution in [-0.2, 0) is 6.54 Å². The van der Waals surface area contributed by atoms with E-state index >= 15 is 0 Å². The Morgan fingerprint density at radius 3 is 2.72 bits per heavy atom. The average molecular weight is 241 g/mol. The van der Waals surface area contributed by atoms with Crippen LogP contribution in [0.2, 0.25) is 0 Å². The molecule has 1 aromatic rings. The molecule has 0 aliphatic heterocycles. The second-order valence-corrected chi connectivity index (χ2v) is 5.32. The Balaban J connectivity index is 2.10. The Kier molecular flexibility index (Phi) is 4.77. The van der Waals surface area contributed by atoms with Crippen molar-refractivity contribution in [2.45, 2.75) is 33.2 Å². The van der Waals surface area contributed by atoms with E-state index in [-0.39, 0.29) is 0 Å². The van der Waals surface area contributed by atoms with Crippen molar-refractivity contribution in [3.8, 4) is 0 Å². The van der Waals surface area contributed by atoms with Crippen molar-refractivity contribution in [1.82, 2.24) is 5.32 Å². The first-order valence-electron chi connectivity index (χ1n) is 6.93. The lowest BCUT2D eigenvalue weighted by atomic mass is 9.95. The summed E-state index contributed by atoms with van der Waals surface area (Å²) in [5.41, 5.74) is 4.16. The Morgan fingerprint density at radius 2 is 2.00 bits per heavy atom. The van der Waals surface area contributed by atoms with Crippen LogP contribution in [0.3, 0.4) is 0 Å². The maximum atomic E-state index is 3.53. The molecule has 0 radical (unpaired) electrons. The van der Waals surface area contributed by atoms with Crippen LogP contribution in [0, 0.1) is 5.92 Å². The Hall–Kier alpha value is -1.34. The topological polar surface area (TPSA) is 12.0 Å². The molecule has 0 heterocycles. The molecule has 0 amide bonds. The first-order valence-corrected chi connectivity index (χ1v) is 6.93. The van der Waals surface area contributed by atoms with Crippen LogP contribution in [0.25, 0.3) is 5.57 Å². The minimum Gasteiger partial charge on any atom is -0.312 e. The van der Waals surface area contributed by atoms with Gasteiger partial charge >= 0.3 is 0 Å². The van der Waals surface area contributed by atoms with Gasteiger partial charge < -0.3 is 5.32 Å². The molecular formula is C17H23N. The van der Waals surface area contributed by atoms with E-state index in [1.807, 2.05) is 0 Å². The molecule has 0 atom stereocenters. The molecule has 0 saturated carbocycles. The fourth-order valence-corrected chi connectivity index (χ4v) is 2.26. The summed E-state index contributed by atoms with van der Waals surface area (Å²) in [6.07, 6.45) is 9.22. The van der Waals surface area contributed by atoms with Crippen LogP contribution in [0.4, 0.5) is 0 Å². The summed E-state index contributed by atoms with van der Waals surface area (Å²) in [7, 11) is 0. The third-order valence-corrected chi connectivity index (χ3v) is 3.19. The van der Waals surface area contributed by atoms with Gasteiger partial charge in [-0.3, -0.25) is 0 Å². The van der Waals surface area contributed by atoms with Gasteiger partial charge in [-0.2, -0.15) is 0 Å². The monoisotopic (exact) mass is 241 g/mol. The van der Waals surface area contributed by atoms with Crippen LogP contribution >= 0.6 is 0 Å². The highest BCUT2D eigenvalue weighted by molar-refractivity contribution is 5.76. The highest BCUT2D eigenvalue weighted by atomic mass is 14.8. The summed E-state index contributed by atoms with van der Waals surface area (Å²) in [4.78, 5) is 0. The quantitative estimate of drug-likeness (QED) is 0.816. The molecule has 1 aliphatic rings. The zero-order chi connectivity index (χ0) is 12.8. The molecule has 96 valence electrons. The summed E-state index contributed by atoms with van der Waals surface area (Å²) in [5.74, 6) is 0.700. The molecular weight excluding hydrogens is 218 g/mol. The SMILES string of the molecule is CC(C)CNCc1ccccc1C1=CCCC=C1. The molecule has 2 rings (SSSR count). The highest BCUT2D eigenvalue weighted by Gasteiger charge is 2.06. The van der Waals surface area contributed by atoms with Crippen molar-refractivity contribution < 1.29 is 0 Å². The van der Waals surface area contributed by atoms with E-state index in [0.717, 1.165) is 13.1 Å². The van der Waals surface area contributed by atoms with E-state index in [4.69, 9.17) is 0 Å². The van der Waals surface area contributed by atoms with E-state index in [0.29, 0.717) is 5.92 Å². The Bertz CT molecular complexity index is 441. The average Bonchev–Trinajstić information content (AvgIpc) is 2.40. The Labute approximate surface area is 111 Å². The fourth-order valence-electron chi connectivity index (χ4n) is 2.26. The molecule has 0 spiro atoms.